The Kier molecular flexibility index (Phi) is 4.96. The number of likely N-dealkylation sites (tertiary alicyclic amines) is 1. The highest BCUT2D eigenvalue weighted by atomic mass is 19.1. The average Bonchev–Trinajstić information content (AvgIpc) is 2.48. The zero-order valence-corrected chi connectivity index (χ0v) is 12.6. The third kappa shape index (κ3) is 3.80. The van der Waals surface area contributed by atoms with E-state index >= 15 is 0 Å². The Morgan fingerprint density at radius 2 is 2.29 bits per heavy atom. The maximum absolute atomic E-state index is 14.1. The summed E-state index contributed by atoms with van der Waals surface area (Å²) in [5.74, 6) is -0.930. The molecule has 1 fully saturated rings. The maximum Gasteiger partial charge on any atom is 0.337 e. The fraction of sp³-hybridized carbons (Fsp3) is 0.562. The van der Waals surface area contributed by atoms with Crippen LogP contribution in [0.4, 0.5) is 4.39 Å². The van der Waals surface area contributed by atoms with Crippen molar-refractivity contribution in [2.75, 3.05) is 26.8 Å². The Labute approximate surface area is 124 Å². The van der Waals surface area contributed by atoms with Crippen LogP contribution in [0.3, 0.4) is 0 Å². The topological polar surface area (TPSA) is 49.8 Å². The largest absolute Gasteiger partial charge is 0.465 e. The highest BCUT2D eigenvalue weighted by Gasteiger charge is 2.30. The molecule has 0 spiro atoms. The predicted molar refractivity (Wildman–Crippen MR) is 77.4 cm³/mol. The molecule has 0 aromatic heterocycles. The number of carbonyl (C=O) groups is 1. The number of aliphatic hydroxyl groups is 1. The number of rotatable bonds is 4. The molecule has 0 radical (unpaired) electrons. The summed E-state index contributed by atoms with van der Waals surface area (Å²) in [7, 11) is 1.28. The number of halogens is 1. The fourth-order valence-electron chi connectivity index (χ4n) is 2.85. The van der Waals surface area contributed by atoms with Gasteiger partial charge in [0, 0.05) is 30.7 Å². The van der Waals surface area contributed by atoms with E-state index < -0.39 is 11.8 Å². The Morgan fingerprint density at radius 3 is 2.90 bits per heavy atom. The second-order valence-electron chi connectivity index (χ2n) is 6.08. The molecule has 1 saturated heterocycles. The SMILES string of the molecule is COC(=O)c1ccc(CN2CCCC(C)(CO)C2)c(F)c1. The van der Waals surface area contributed by atoms with E-state index in [9.17, 15) is 14.3 Å². The van der Waals surface area contributed by atoms with Crippen LogP contribution in [-0.2, 0) is 11.3 Å². The monoisotopic (exact) mass is 295 g/mol. The van der Waals surface area contributed by atoms with Gasteiger partial charge in [0.2, 0.25) is 0 Å². The third-order valence-electron chi connectivity index (χ3n) is 4.11. The maximum atomic E-state index is 14.1. The average molecular weight is 295 g/mol. The molecule has 0 aliphatic carbocycles. The zero-order chi connectivity index (χ0) is 15.5. The van der Waals surface area contributed by atoms with Crippen LogP contribution in [0, 0.1) is 11.2 Å². The van der Waals surface area contributed by atoms with E-state index in [1.54, 1.807) is 12.1 Å². The first kappa shape index (κ1) is 15.9. The normalized spacial score (nSPS) is 23.0. The Morgan fingerprint density at radius 1 is 1.52 bits per heavy atom. The number of piperidine rings is 1. The summed E-state index contributed by atoms with van der Waals surface area (Å²) < 4.78 is 18.7. The van der Waals surface area contributed by atoms with Gasteiger partial charge in [0.1, 0.15) is 5.82 Å². The number of carbonyl (C=O) groups excluding carboxylic acids is 1. The number of benzene rings is 1. The molecular formula is C16H22FNO3. The predicted octanol–water partition coefficient (Wildman–Crippen LogP) is 2.21. The van der Waals surface area contributed by atoms with Gasteiger partial charge < -0.3 is 9.84 Å². The third-order valence-corrected chi connectivity index (χ3v) is 4.11. The van der Waals surface area contributed by atoms with Crippen LogP contribution >= 0.6 is 0 Å². The molecule has 1 atom stereocenters. The van der Waals surface area contributed by atoms with Gasteiger partial charge in [-0.1, -0.05) is 13.0 Å². The highest BCUT2D eigenvalue weighted by Crippen LogP contribution is 2.29. The smallest absolute Gasteiger partial charge is 0.337 e. The van der Waals surface area contributed by atoms with Crippen molar-refractivity contribution in [3.8, 4) is 0 Å². The van der Waals surface area contributed by atoms with Crippen molar-refractivity contribution >= 4 is 5.97 Å². The number of nitrogens with zero attached hydrogens (tertiary/aromatic N) is 1. The molecule has 0 saturated carbocycles. The van der Waals surface area contributed by atoms with Gasteiger partial charge in [-0.2, -0.15) is 0 Å². The minimum Gasteiger partial charge on any atom is -0.465 e. The van der Waals surface area contributed by atoms with Crippen LogP contribution in [0.1, 0.15) is 35.7 Å². The van der Waals surface area contributed by atoms with E-state index in [4.69, 9.17) is 0 Å². The van der Waals surface area contributed by atoms with Crippen molar-refractivity contribution in [1.29, 1.82) is 0 Å². The molecule has 4 nitrogen and oxygen atoms in total. The summed E-state index contributed by atoms with van der Waals surface area (Å²) in [4.78, 5) is 13.5. The van der Waals surface area contributed by atoms with Gasteiger partial charge in [-0.15, -0.1) is 0 Å². The number of aliphatic hydroxyl groups excluding tert-OH is 1. The number of ether oxygens (including phenoxy) is 1. The summed E-state index contributed by atoms with van der Waals surface area (Å²) in [6, 6.07) is 4.43. The first-order chi connectivity index (χ1) is 9.97. The summed E-state index contributed by atoms with van der Waals surface area (Å²) >= 11 is 0. The van der Waals surface area contributed by atoms with E-state index in [2.05, 4.69) is 16.6 Å². The lowest BCUT2D eigenvalue weighted by Gasteiger charge is -2.39. The highest BCUT2D eigenvalue weighted by molar-refractivity contribution is 5.89. The van der Waals surface area contributed by atoms with Gasteiger partial charge in [-0.25, -0.2) is 9.18 Å². The van der Waals surface area contributed by atoms with Crippen molar-refractivity contribution in [2.24, 2.45) is 5.41 Å². The number of esters is 1. The molecule has 1 aromatic rings. The van der Waals surface area contributed by atoms with Gasteiger partial charge in [-0.05, 0) is 31.5 Å². The van der Waals surface area contributed by atoms with Crippen LogP contribution in [-0.4, -0.2) is 42.8 Å². The minimum absolute atomic E-state index is 0.110. The number of hydrogen-bond acceptors (Lipinski definition) is 4. The zero-order valence-electron chi connectivity index (χ0n) is 12.6. The van der Waals surface area contributed by atoms with Crippen LogP contribution in [0.25, 0.3) is 0 Å². The number of methoxy groups -OCH3 is 1. The number of hydrogen-bond donors (Lipinski definition) is 1. The van der Waals surface area contributed by atoms with E-state index in [-0.39, 0.29) is 17.6 Å². The minimum atomic E-state index is -0.536. The second kappa shape index (κ2) is 6.54. The van der Waals surface area contributed by atoms with E-state index in [0.29, 0.717) is 12.1 Å². The van der Waals surface area contributed by atoms with Gasteiger partial charge in [-0.3, -0.25) is 4.90 Å². The standard InChI is InChI=1S/C16H22FNO3/c1-16(11-19)6-3-7-18(10-16)9-13-5-4-12(8-14(13)17)15(20)21-2/h4-5,8,19H,3,6-7,9-11H2,1-2H3. The molecule has 1 N–H and O–H groups in total. The first-order valence-corrected chi connectivity index (χ1v) is 7.17. The second-order valence-corrected chi connectivity index (χ2v) is 6.08. The summed E-state index contributed by atoms with van der Waals surface area (Å²) in [6.45, 7) is 4.33. The molecule has 0 bridgehead atoms. The molecule has 1 aliphatic heterocycles. The Balaban J connectivity index is 2.08. The lowest BCUT2D eigenvalue weighted by atomic mass is 9.82. The van der Waals surface area contributed by atoms with Crippen molar-refractivity contribution in [3.63, 3.8) is 0 Å². The molecule has 1 aromatic carbocycles. The van der Waals surface area contributed by atoms with Crippen molar-refractivity contribution in [3.05, 3.63) is 35.1 Å². The molecule has 1 unspecified atom stereocenters. The molecule has 5 heteroatoms. The van der Waals surface area contributed by atoms with Gasteiger partial charge in [0.15, 0.2) is 0 Å². The van der Waals surface area contributed by atoms with E-state index in [1.807, 2.05) is 0 Å². The Hall–Kier alpha value is -1.46. The van der Waals surface area contributed by atoms with Crippen LogP contribution in [0.15, 0.2) is 18.2 Å². The van der Waals surface area contributed by atoms with Gasteiger partial charge in [0.25, 0.3) is 0 Å². The Bertz CT molecular complexity index is 520. The van der Waals surface area contributed by atoms with Crippen LogP contribution < -0.4 is 0 Å². The molecule has 21 heavy (non-hydrogen) atoms. The quantitative estimate of drug-likeness (QED) is 0.865. The van der Waals surface area contributed by atoms with E-state index in [0.717, 1.165) is 25.9 Å². The molecule has 2 rings (SSSR count). The first-order valence-electron chi connectivity index (χ1n) is 7.17. The molecule has 1 heterocycles. The lowest BCUT2D eigenvalue weighted by molar-refractivity contribution is 0.0424. The van der Waals surface area contributed by atoms with Gasteiger partial charge >= 0.3 is 5.97 Å². The molecular weight excluding hydrogens is 273 g/mol. The fourth-order valence-corrected chi connectivity index (χ4v) is 2.85. The summed E-state index contributed by atoms with van der Waals surface area (Å²) in [6.07, 6.45) is 1.99. The van der Waals surface area contributed by atoms with Crippen LogP contribution in [0.2, 0.25) is 0 Å². The van der Waals surface area contributed by atoms with Crippen molar-refractivity contribution < 1.29 is 19.0 Å². The lowest BCUT2D eigenvalue weighted by Crippen LogP contribution is -2.43. The van der Waals surface area contributed by atoms with Crippen molar-refractivity contribution in [1.82, 2.24) is 4.90 Å². The summed E-state index contributed by atoms with van der Waals surface area (Å²) in [5.41, 5.74) is 0.670. The van der Waals surface area contributed by atoms with Gasteiger partial charge in [0.05, 0.1) is 12.7 Å². The van der Waals surface area contributed by atoms with Crippen molar-refractivity contribution in [2.45, 2.75) is 26.3 Å². The molecule has 0 amide bonds. The van der Waals surface area contributed by atoms with Crippen LogP contribution in [0.5, 0.6) is 0 Å². The summed E-state index contributed by atoms with van der Waals surface area (Å²) in [5, 5.41) is 9.46. The molecule has 1 aliphatic rings. The van der Waals surface area contributed by atoms with E-state index in [1.165, 1.54) is 13.2 Å². The molecule has 116 valence electrons.